The predicted molar refractivity (Wildman–Crippen MR) is 81.5 cm³/mol. The minimum atomic E-state index is 0.173. The van der Waals surface area contributed by atoms with Gasteiger partial charge in [-0.1, -0.05) is 19.3 Å². The van der Waals surface area contributed by atoms with E-state index in [1.54, 1.807) is 6.92 Å². The molecule has 0 spiro atoms. The SMILES string of the molecule is CC(=O)N1CCCC(CN=C(N)NC2CCCCC2)C1. The van der Waals surface area contributed by atoms with Crippen molar-refractivity contribution >= 4 is 11.9 Å². The largest absolute Gasteiger partial charge is 0.370 e. The average molecular weight is 280 g/mol. The van der Waals surface area contributed by atoms with Gasteiger partial charge in [-0.3, -0.25) is 9.79 Å². The highest BCUT2D eigenvalue weighted by Gasteiger charge is 2.21. The summed E-state index contributed by atoms with van der Waals surface area (Å²) in [6, 6.07) is 0.507. The van der Waals surface area contributed by atoms with E-state index in [0.29, 0.717) is 17.9 Å². The molecular formula is C15H28N4O. The Morgan fingerprint density at radius 2 is 2.00 bits per heavy atom. The monoisotopic (exact) mass is 280 g/mol. The summed E-state index contributed by atoms with van der Waals surface area (Å²) in [6.45, 7) is 4.10. The maximum absolute atomic E-state index is 11.4. The van der Waals surface area contributed by atoms with Gasteiger partial charge in [-0.2, -0.15) is 0 Å². The average Bonchev–Trinajstić information content (AvgIpc) is 2.46. The van der Waals surface area contributed by atoms with Gasteiger partial charge in [-0.15, -0.1) is 0 Å². The predicted octanol–water partition coefficient (Wildman–Crippen LogP) is 1.48. The minimum Gasteiger partial charge on any atom is -0.370 e. The highest BCUT2D eigenvalue weighted by molar-refractivity contribution is 5.78. The molecule has 5 heteroatoms. The molecule has 5 nitrogen and oxygen atoms in total. The minimum absolute atomic E-state index is 0.173. The van der Waals surface area contributed by atoms with Gasteiger partial charge >= 0.3 is 0 Å². The maximum atomic E-state index is 11.4. The van der Waals surface area contributed by atoms with Crippen molar-refractivity contribution in [2.24, 2.45) is 16.6 Å². The third-order valence-corrected chi connectivity index (χ3v) is 4.44. The number of aliphatic imine (C=N–C) groups is 1. The Morgan fingerprint density at radius 3 is 2.70 bits per heavy atom. The topological polar surface area (TPSA) is 70.7 Å². The summed E-state index contributed by atoms with van der Waals surface area (Å²) >= 11 is 0. The zero-order valence-corrected chi connectivity index (χ0v) is 12.6. The molecular weight excluding hydrogens is 252 g/mol. The molecule has 1 heterocycles. The molecule has 0 radical (unpaired) electrons. The van der Waals surface area contributed by atoms with Gasteiger partial charge in [0.2, 0.25) is 5.91 Å². The molecule has 1 atom stereocenters. The van der Waals surface area contributed by atoms with Crippen LogP contribution in [0.2, 0.25) is 0 Å². The van der Waals surface area contributed by atoms with Crippen LogP contribution in [0, 0.1) is 5.92 Å². The zero-order valence-electron chi connectivity index (χ0n) is 12.6. The van der Waals surface area contributed by atoms with Gasteiger partial charge < -0.3 is 16.0 Å². The highest BCUT2D eigenvalue weighted by Crippen LogP contribution is 2.18. The number of piperidine rings is 1. The van der Waals surface area contributed by atoms with Gasteiger partial charge in [0.15, 0.2) is 5.96 Å². The molecule has 20 heavy (non-hydrogen) atoms. The number of carbonyl (C=O) groups is 1. The third-order valence-electron chi connectivity index (χ3n) is 4.44. The van der Waals surface area contributed by atoms with Crippen molar-refractivity contribution in [1.29, 1.82) is 0 Å². The van der Waals surface area contributed by atoms with Crippen LogP contribution in [-0.2, 0) is 4.79 Å². The lowest BCUT2D eigenvalue weighted by Crippen LogP contribution is -2.42. The molecule has 1 unspecified atom stereocenters. The number of nitrogens with two attached hydrogens (primary N) is 1. The summed E-state index contributed by atoms with van der Waals surface area (Å²) in [7, 11) is 0. The molecule has 3 N–H and O–H groups in total. The fraction of sp³-hybridized carbons (Fsp3) is 0.867. The number of guanidine groups is 1. The van der Waals surface area contributed by atoms with Gasteiger partial charge in [0, 0.05) is 32.6 Å². The van der Waals surface area contributed by atoms with Gasteiger partial charge in [0.25, 0.3) is 0 Å². The number of amides is 1. The van der Waals surface area contributed by atoms with E-state index in [1.165, 1.54) is 32.1 Å². The molecule has 0 aromatic heterocycles. The van der Waals surface area contributed by atoms with Gasteiger partial charge in [-0.25, -0.2) is 0 Å². The number of hydrogen-bond acceptors (Lipinski definition) is 2. The second-order valence-electron chi connectivity index (χ2n) is 6.18. The summed E-state index contributed by atoms with van der Waals surface area (Å²) in [5.41, 5.74) is 5.97. The molecule has 1 saturated carbocycles. The van der Waals surface area contributed by atoms with Crippen LogP contribution in [0.15, 0.2) is 4.99 Å². The Labute approximate surface area is 122 Å². The molecule has 1 amide bonds. The first-order valence-corrected chi connectivity index (χ1v) is 7.97. The summed E-state index contributed by atoms with van der Waals surface area (Å²) in [5, 5.41) is 3.34. The fourth-order valence-corrected chi connectivity index (χ4v) is 3.23. The summed E-state index contributed by atoms with van der Waals surface area (Å²) in [5.74, 6) is 1.21. The molecule has 1 saturated heterocycles. The van der Waals surface area contributed by atoms with E-state index >= 15 is 0 Å². The second-order valence-corrected chi connectivity index (χ2v) is 6.18. The zero-order chi connectivity index (χ0) is 14.4. The van der Waals surface area contributed by atoms with E-state index in [9.17, 15) is 4.79 Å². The van der Waals surface area contributed by atoms with Crippen molar-refractivity contribution < 1.29 is 4.79 Å². The Morgan fingerprint density at radius 1 is 1.25 bits per heavy atom. The summed E-state index contributed by atoms with van der Waals surface area (Å²) in [4.78, 5) is 17.8. The van der Waals surface area contributed by atoms with Crippen molar-refractivity contribution in [2.45, 2.75) is 57.9 Å². The normalized spacial score (nSPS) is 25.6. The second kappa shape index (κ2) is 7.50. The smallest absolute Gasteiger partial charge is 0.219 e. The van der Waals surface area contributed by atoms with Crippen LogP contribution in [0.3, 0.4) is 0 Å². The van der Waals surface area contributed by atoms with Crippen molar-refractivity contribution in [3.8, 4) is 0 Å². The molecule has 1 aliphatic heterocycles. The first kappa shape index (κ1) is 15.1. The van der Waals surface area contributed by atoms with E-state index in [2.05, 4.69) is 10.3 Å². The molecule has 2 aliphatic rings. The van der Waals surface area contributed by atoms with Crippen molar-refractivity contribution in [3.63, 3.8) is 0 Å². The van der Waals surface area contributed by atoms with E-state index in [1.807, 2.05) is 4.90 Å². The molecule has 2 fully saturated rings. The molecule has 114 valence electrons. The Bertz CT molecular complexity index is 350. The van der Waals surface area contributed by atoms with Crippen LogP contribution in [-0.4, -0.2) is 42.4 Å². The lowest BCUT2D eigenvalue weighted by Gasteiger charge is -2.31. The van der Waals surface area contributed by atoms with Crippen molar-refractivity contribution in [2.75, 3.05) is 19.6 Å². The van der Waals surface area contributed by atoms with Crippen molar-refractivity contribution in [3.05, 3.63) is 0 Å². The summed E-state index contributed by atoms with van der Waals surface area (Å²) < 4.78 is 0. The van der Waals surface area contributed by atoms with E-state index in [4.69, 9.17) is 5.73 Å². The third kappa shape index (κ3) is 4.69. The molecule has 0 aromatic carbocycles. The Hall–Kier alpha value is -1.26. The summed E-state index contributed by atoms with van der Waals surface area (Å²) in [6.07, 6.45) is 8.57. The van der Waals surface area contributed by atoms with Crippen LogP contribution >= 0.6 is 0 Å². The van der Waals surface area contributed by atoms with Gasteiger partial charge in [0.05, 0.1) is 0 Å². The number of nitrogens with zero attached hydrogens (tertiary/aromatic N) is 2. The number of carbonyl (C=O) groups excluding carboxylic acids is 1. The Kier molecular flexibility index (Phi) is 5.68. The van der Waals surface area contributed by atoms with Crippen LogP contribution < -0.4 is 11.1 Å². The lowest BCUT2D eigenvalue weighted by atomic mass is 9.96. The number of likely N-dealkylation sites (tertiary alicyclic amines) is 1. The standard InChI is InChI=1S/C15H28N4O/c1-12(20)19-9-5-6-13(11-19)10-17-15(16)18-14-7-3-2-4-8-14/h13-14H,2-11H2,1H3,(H3,16,17,18). The van der Waals surface area contributed by atoms with E-state index in [0.717, 1.165) is 32.5 Å². The number of rotatable bonds is 3. The molecule has 2 rings (SSSR count). The lowest BCUT2D eigenvalue weighted by molar-refractivity contribution is -0.130. The molecule has 0 bridgehead atoms. The van der Waals surface area contributed by atoms with Crippen molar-refractivity contribution in [1.82, 2.24) is 10.2 Å². The van der Waals surface area contributed by atoms with Gasteiger partial charge in [0.1, 0.15) is 0 Å². The van der Waals surface area contributed by atoms with E-state index in [-0.39, 0.29) is 5.91 Å². The van der Waals surface area contributed by atoms with E-state index < -0.39 is 0 Å². The molecule has 0 aromatic rings. The first-order chi connectivity index (χ1) is 9.65. The number of hydrogen-bond donors (Lipinski definition) is 2. The molecule has 1 aliphatic carbocycles. The van der Waals surface area contributed by atoms with Gasteiger partial charge in [-0.05, 0) is 31.6 Å². The van der Waals surface area contributed by atoms with Crippen LogP contribution in [0.5, 0.6) is 0 Å². The highest BCUT2D eigenvalue weighted by atomic mass is 16.2. The Balaban J connectivity index is 1.74. The van der Waals surface area contributed by atoms with Crippen LogP contribution in [0.25, 0.3) is 0 Å². The maximum Gasteiger partial charge on any atom is 0.219 e. The fourth-order valence-electron chi connectivity index (χ4n) is 3.23. The van der Waals surface area contributed by atoms with Crippen LogP contribution in [0.4, 0.5) is 0 Å². The quantitative estimate of drug-likeness (QED) is 0.607. The first-order valence-electron chi connectivity index (χ1n) is 7.97. The number of nitrogens with one attached hydrogen (secondary N) is 1. The van der Waals surface area contributed by atoms with Crippen LogP contribution in [0.1, 0.15) is 51.9 Å².